The van der Waals surface area contributed by atoms with Gasteiger partial charge in [-0.3, -0.25) is 0 Å². The average Bonchev–Trinajstić information content (AvgIpc) is 3.19. The van der Waals surface area contributed by atoms with E-state index in [-0.39, 0.29) is 5.92 Å². The van der Waals surface area contributed by atoms with Crippen LogP contribution in [0, 0.1) is 0 Å². The Morgan fingerprint density at radius 3 is 2.58 bits per heavy atom. The largest absolute Gasteiger partial charge is 0.384 e. The molecular formula is C26H27ClN2O3S. The zero-order valence-electron chi connectivity index (χ0n) is 18.9. The molecule has 1 aromatic heterocycles. The number of allylic oxidation sites excluding steroid dienone is 4. The number of imidazole rings is 1. The van der Waals surface area contributed by atoms with E-state index in [9.17, 15) is 13.5 Å². The van der Waals surface area contributed by atoms with Crippen LogP contribution in [0.2, 0.25) is 5.02 Å². The summed E-state index contributed by atoms with van der Waals surface area (Å²) in [5.74, 6) is 0.869. The van der Waals surface area contributed by atoms with Gasteiger partial charge in [-0.25, -0.2) is 13.4 Å². The van der Waals surface area contributed by atoms with Crippen molar-refractivity contribution < 1.29 is 13.5 Å². The van der Waals surface area contributed by atoms with Crippen molar-refractivity contribution in [2.45, 2.75) is 43.2 Å². The first-order chi connectivity index (χ1) is 15.5. The summed E-state index contributed by atoms with van der Waals surface area (Å²) in [6.07, 6.45) is 10.0. The Morgan fingerprint density at radius 1 is 1.18 bits per heavy atom. The van der Waals surface area contributed by atoms with Crippen LogP contribution in [0.3, 0.4) is 0 Å². The molecule has 2 aromatic carbocycles. The first-order valence-electron chi connectivity index (χ1n) is 10.7. The molecular weight excluding hydrogens is 456 g/mol. The van der Waals surface area contributed by atoms with E-state index in [1.807, 2.05) is 47.2 Å². The van der Waals surface area contributed by atoms with Crippen LogP contribution in [0.15, 0.2) is 77.9 Å². The molecule has 0 saturated heterocycles. The van der Waals surface area contributed by atoms with Gasteiger partial charge in [0.25, 0.3) is 0 Å². The van der Waals surface area contributed by atoms with E-state index in [1.54, 1.807) is 32.0 Å². The lowest BCUT2D eigenvalue weighted by molar-refractivity contribution is 0.0741. The molecule has 1 atom stereocenters. The van der Waals surface area contributed by atoms with Crippen LogP contribution in [-0.4, -0.2) is 29.3 Å². The van der Waals surface area contributed by atoms with Crippen molar-refractivity contribution in [3.05, 3.63) is 101 Å². The van der Waals surface area contributed by atoms with Crippen LogP contribution < -0.4 is 0 Å². The van der Waals surface area contributed by atoms with E-state index in [0.717, 1.165) is 22.5 Å². The number of hydrogen-bond donors (Lipinski definition) is 1. The third-order valence-corrected chi connectivity index (χ3v) is 7.24. The molecule has 1 heterocycles. The lowest BCUT2D eigenvalue weighted by atomic mass is 9.92. The second-order valence-corrected chi connectivity index (χ2v) is 11.3. The van der Waals surface area contributed by atoms with E-state index < -0.39 is 15.4 Å². The van der Waals surface area contributed by atoms with Gasteiger partial charge in [0.05, 0.1) is 17.1 Å². The molecule has 0 radical (unpaired) electrons. The zero-order valence-corrected chi connectivity index (χ0v) is 20.4. The molecule has 0 amide bonds. The van der Waals surface area contributed by atoms with Crippen LogP contribution in [0.25, 0.3) is 5.57 Å². The molecule has 7 heteroatoms. The Kier molecular flexibility index (Phi) is 6.36. The summed E-state index contributed by atoms with van der Waals surface area (Å²) in [6, 6.07) is 14.7. The van der Waals surface area contributed by atoms with Gasteiger partial charge in [-0.1, -0.05) is 60.2 Å². The molecule has 5 nitrogen and oxygen atoms in total. The van der Waals surface area contributed by atoms with Gasteiger partial charge in [0.15, 0.2) is 9.84 Å². The maximum Gasteiger partial charge on any atom is 0.175 e. The number of benzene rings is 2. The highest BCUT2D eigenvalue weighted by Crippen LogP contribution is 2.33. The monoisotopic (exact) mass is 482 g/mol. The van der Waals surface area contributed by atoms with Gasteiger partial charge < -0.3 is 9.67 Å². The average molecular weight is 483 g/mol. The smallest absolute Gasteiger partial charge is 0.175 e. The topological polar surface area (TPSA) is 72.2 Å². The van der Waals surface area contributed by atoms with Crippen molar-refractivity contribution in [2.75, 3.05) is 6.26 Å². The maximum atomic E-state index is 11.9. The second kappa shape index (κ2) is 8.93. The summed E-state index contributed by atoms with van der Waals surface area (Å²) in [4.78, 5) is 5.09. The minimum atomic E-state index is -3.27. The van der Waals surface area contributed by atoms with Crippen LogP contribution >= 0.6 is 11.6 Å². The Morgan fingerprint density at radius 2 is 1.94 bits per heavy atom. The zero-order chi connectivity index (χ0) is 23.8. The van der Waals surface area contributed by atoms with Crippen LogP contribution in [0.5, 0.6) is 0 Å². The fourth-order valence-corrected chi connectivity index (χ4v) is 4.75. The highest BCUT2D eigenvalue weighted by molar-refractivity contribution is 7.90. The van der Waals surface area contributed by atoms with Gasteiger partial charge in [-0.05, 0) is 55.2 Å². The van der Waals surface area contributed by atoms with Crippen LogP contribution in [-0.2, 0) is 22.0 Å². The molecule has 3 aromatic rings. The fourth-order valence-electron chi connectivity index (χ4n) is 3.89. The molecule has 172 valence electrons. The third-order valence-electron chi connectivity index (χ3n) is 5.76. The van der Waals surface area contributed by atoms with Crippen molar-refractivity contribution in [1.29, 1.82) is 0 Å². The Bertz CT molecular complexity index is 1350. The number of aromatic nitrogens is 2. The van der Waals surface area contributed by atoms with Crippen molar-refractivity contribution >= 4 is 27.0 Å². The molecule has 1 aliphatic carbocycles. The summed E-state index contributed by atoms with van der Waals surface area (Å²) < 4.78 is 25.9. The molecule has 4 rings (SSSR count). The minimum absolute atomic E-state index is 0.0189. The quantitative estimate of drug-likeness (QED) is 0.514. The number of aliphatic hydroxyl groups is 1. The van der Waals surface area contributed by atoms with Crippen molar-refractivity contribution in [1.82, 2.24) is 9.55 Å². The number of rotatable bonds is 6. The van der Waals surface area contributed by atoms with Crippen LogP contribution in [0.1, 0.15) is 48.8 Å². The van der Waals surface area contributed by atoms with Gasteiger partial charge in [-0.15, -0.1) is 0 Å². The molecule has 1 N–H and O–H groups in total. The molecule has 0 bridgehead atoms. The van der Waals surface area contributed by atoms with Crippen molar-refractivity contribution in [3.63, 3.8) is 0 Å². The molecule has 1 aliphatic rings. The Hall–Kier alpha value is -2.67. The van der Waals surface area contributed by atoms with Crippen molar-refractivity contribution in [2.24, 2.45) is 0 Å². The minimum Gasteiger partial charge on any atom is -0.384 e. The highest BCUT2D eigenvalue weighted by atomic mass is 35.5. The second-order valence-electron chi connectivity index (χ2n) is 8.92. The number of nitrogens with zero attached hydrogens (tertiary/aromatic N) is 2. The predicted molar refractivity (Wildman–Crippen MR) is 132 cm³/mol. The lowest BCUT2D eigenvalue weighted by Crippen LogP contribution is -2.16. The van der Waals surface area contributed by atoms with Gasteiger partial charge in [-0.2, -0.15) is 0 Å². The summed E-state index contributed by atoms with van der Waals surface area (Å²) in [5, 5.41) is 11.2. The van der Waals surface area contributed by atoms with Gasteiger partial charge >= 0.3 is 0 Å². The molecule has 0 spiro atoms. The van der Waals surface area contributed by atoms with Gasteiger partial charge in [0.1, 0.15) is 11.4 Å². The number of sulfone groups is 1. The normalized spacial score (nSPS) is 16.6. The molecule has 0 aliphatic heterocycles. The molecule has 1 unspecified atom stereocenters. The standard InChI is InChI=1S/C26H27ClN2O3S/c1-26(2,30)24-17-29(16-21-7-4-5-10-23(21)27)25(28-24)19-13-11-18(12-14-19)20-8-6-9-22(15-20)33(3,31)32/h4-13,15,17,19,30H,14,16H2,1-3H3. The Labute approximate surface area is 200 Å². The first-order valence-corrected chi connectivity index (χ1v) is 13.0. The molecule has 0 fully saturated rings. The summed E-state index contributed by atoms with van der Waals surface area (Å²) in [7, 11) is -3.27. The maximum absolute atomic E-state index is 11.9. The van der Waals surface area contributed by atoms with E-state index in [0.29, 0.717) is 28.6 Å². The van der Waals surface area contributed by atoms with Gasteiger partial charge in [0, 0.05) is 23.4 Å². The Balaban J connectivity index is 1.64. The SMILES string of the molecule is CC(C)(O)c1cn(Cc2ccccc2Cl)c(C2C=CC(c3cccc(S(C)(=O)=O)c3)=CC2)n1. The molecule has 0 saturated carbocycles. The fraction of sp³-hybridized carbons (Fsp3) is 0.269. The van der Waals surface area contributed by atoms with E-state index in [4.69, 9.17) is 16.6 Å². The van der Waals surface area contributed by atoms with E-state index in [1.165, 1.54) is 6.26 Å². The predicted octanol–water partition coefficient (Wildman–Crippen LogP) is 5.34. The lowest BCUT2D eigenvalue weighted by Gasteiger charge is -2.18. The number of halogens is 1. The summed E-state index contributed by atoms with van der Waals surface area (Å²) in [5.41, 5.74) is 2.36. The number of hydrogen-bond acceptors (Lipinski definition) is 4. The van der Waals surface area contributed by atoms with E-state index in [2.05, 4.69) is 12.2 Å². The summed E-state index contributed by atoms with van der Waals surface area (Å²) in [6.45, 7) is 4.00. The third kappa shape index (κ3) is 5.29. The molecule has 33 heavy (non-hydrogen) atoms. The van der Waals surface area contributed by atoms with Gasteiger partial charge in [0.2, 0.25) is 0 Å². The summed E-state index contributed by atoms with van der Waals surface area (Å²) >= 11 is 6.39. The van der Waals surface area contributed by atoms with Crippen molar-refractivity contribution in [3.8, 4) is 0 Å². The highest BCUT2D eigenvalue weighted by Gasteiger charge is 2.25. The van der Waals surface area contributed by atoms with Crippen LogP contribution in [0.4, 0.5) is 0 Å². The van der Waals surface area contributed by atoms with E-state index >= 15 is 0 Å². The first kappa shape index (κ1) is 23.5.